The Kier molecular flexibility index (Phi) is 4.71. The van der Waals surface area contributed by atoms with Crippen LogP contribution in [0, 0.1) is 19.7 Å². The summed E-state index contributed by atoms with van der Waals surface area (Å²) in [5.74, 6) is 0.478. The lowest BCUT2D eigenvalue weighted by Gasteiger charge is -2.16. The molecule has 0 bridgehead atoms. The summed E-state index contributed by atoms with van der Waals surface area (Å²) in [5, 5.41) is 0.135. The second-order valence-corrected chi connectivity index (χ2v) is 6.05. The van der Waals surface area contributed by atoms with E-state index in [0.29, 0.717) is 0 Å². The summed E-state index contributed by atoms with van der Waals surface area (Å²) in [7, 11) is 1.66. The molecular formula is C16H15BrClFO. The summed E-state index contributed by atoms with van der Waals surface area (Å²) in [6.45, 7) is 4.00. The molecule has 0 saturated heterocycles. The van der Waals surface area contributed by atoms with E-state index in [1.165, 1.54) is 6.07 Å². The van der Waals surface area contributed by atoms with Crippen LogP contribution in [0.2, 0.25) is 5.02 Å². The van der Waals surface area contributed by atoms with Gasteiger partial charge in [0.25, 0.3) is 0 Å². The number of halogens is 3. The van der Waals surface area contributed by atoms with Gasteiger partial charge < -0.3 is 4.74 Å². The maximum absolute atomic E-state index is 13.6. The molecule has 2 rings (SSSR count). The summed E-state index contributed by atoms with van der Waals surface area (Å²) in [4.78, 5) is -0.0856. The molecular weight excluding hydrogens is 343 g/mol. The SMILES string of the molecule is COc1c(C)cc(C(Br)c2ccc(Cl)c(F)c2)cc1C. The molecule has 106 valence electrons. The van der Waals surface area contributed by atoms with E-state index in [1.807, 2.05) is 32.0 Å². The first-order valence-electron chi connectivity index (χ1n) is 6.18. The Bertz CT molecular complexity index is 619. The number of rotatable bonds is 3. The molecule has 0 N–H and O–H groups in total. The van der Waals surface area contributed by atoms with E-state index in [4.69, 9.17) is 16.3 Å². The zero-order valence-electron chi connectivity index (χ0n) is 11.5. The Labute approximate surface area is 131 Å². The molecule has 2 aromatic rings. The van der Waals surface area contributed by atoms with Gasteiger partial charge >= 0.3 is 0 Å². The van der Waals surface area contributed by atoms with Crippen LogP contribution >= 0.6 is 27.5 Å². The van der Waals surface area contributed by atoms with E-state index >= 15 is 0 Å². The normalized spacial score (nSPS) is 12.3. The minimum atomic E-state index is -0.407. The Morgan fingerprint density at radius 3 is 2.20 bits per heavy atom. The number of hydrogen-bond acceptors (Lipinski definition) is 1. The predicted octanol–water partition coefficient (Wildman–Crippen LogP) is 5.59. The predicted molar refractivity (Wildman–Crippen MR) is 84.6 cm³/mol. The Hall–Kier alpha value is -1.06. The average molecular weight is 358 g/mol. The van der Waals surface area contributed by atoms with Crippen LogP contribution in [0.5, 0.6) is 5.75 Å². The van der Waals surface area contributed by atoms with Crippen LogP contribution in [-0.2, 0) is 0 Å². The molecule has 0 radical (unpaired) electrons. The zero-order chi connectivity index (χ0) is 14.9. The smallest absolute Gasteiger partial charge is 0.142 e. The molecule has 20 heavy (non-hydrogen) atoms. The van der Waals surface area contributed by atoms with Gasteiger partial charge in [-0.25, -0.2) is 4.39 Å². The molecule has 1 unspecified atom stereocenters. The standard InChI is InChI=1S/C16H15BrClFO/c1-9-6-12(7-10(2)16(9)20-3)15(17)11-4-5-13(18)14(19)8-11/h4-8,15H,1-3H3. The molecule has 0 aliphatic heterocycles. The van der Waals surface area contributed by atoms with Crippen molar-refractivity contribution in [1.82, 2.24) is 0 Å². The molecule has 0 fully saturated rings. The summed E-state index contributed by atoms with van der Waals surface area (Å²) in [6, 6.07) is 8.93. The number of benzene rings is 2. The Morgan fingerprint density at radius 2 is 1.70 bits per heavy atom. The lowest BCUT2D eigenvalue weighted by molar-refractivity contribution is 0.408. The van der Waals surface area contributed by atoms with Crippen LogP contribution in [0.1, 0.15) is 27.1 Å². The van der Waals surface area contributed by atoms with Crippen molar-refractivity contribution in [2.45, 2.75) is 18.7 Å². The van der Waals surface area contributed by atoms with Crippen molar-refractivity contribution in [1.29, 1.82) is 0 Å². The number of aryl methyl sites for hydroxylation is 2. The van der Waals surface area contributed by atoms with Crippen molar-refractivity contribution >= 4 is 27.5 Å². The Balaban J connectivity index is 2.42. The van der Waals surface area contributed by atoms with Crippen LogP contribution in [-0.4, -0.2) is 7.11 Å². The van der Waals surface area contributed by atoms with E-state index in [1.54, 1.807) is 13.2 Å². The quantitative estimate of drug-likeness (QED) is 0.651. The third-order valence-corrected chi connectivity index (χ3v) is 4.58. The average Bonchev–Trinajstić information content (AvgIpc) is 2.40. The summed E-state index contributed by atoms with van der Waals surface area (Å²) >= 11 is 9.33. The van der Waals surface area contributed by atoms with Crippen LogP contribution in [0.4, 0.5) is 4.39 Å². The maximum Gasteiger partial charge on any atom is 0.142 e. The van der Waals surface area contributed by atoms with Gasteiger partial charge in [-0.1, -0.05) is 45.7 Å². The van der Waals surface area contributed by atoms with Crippen molar-refractivity contribution in [2.75, 3.05) is 7.11 Å². The second kappa shape index (κ2) is 6.15. The molecule has 4 heteroatoms. The largest absolute Gasteiger partial charge is 0.496 e. The molecule has 1 atom stereocenters. The van der Waals surface area contributed by atoms with Crippen molar-refractivity contribution in [3.05, 3.63) is 63.4 Å². The van der Waals surface area contributed by atoms with Gasteiger partial charge in [-0.3, -0.25) is 0 Å². The first kappa shape index (κ1) is 15.3. The number of hydrogen-bond donors (Lipinski definition) is 0. The second-order valence-electron chi connectivity index (χ2n) is 4.72. The van der Waals surface area contributed by atoms with Gasteiger partial charge in [0.15, 0.2) is 0 Å². The van der Waals surface area contributed by atoms with Gasteiger partial charge in [0.05, 0.1) is 17.0 Å². The summed E-state index contributed by atoms with van der Waals surface area (Å²) in [5.41, 5.74) is 4.00. The molecule has 0 aliphatic carbocycles. The van der Waals surface area contributed by atoms with Crippen LogP contribution in [0.3, 0.4) is 0 Å². The van der Waals surface area contributed by atoms with Gasteiger partial charge in [0, 0.05) is 0 Å². The van der Waals surface area contributed by atoms with E-state index in [-0.39, 0.29) is 9.85 Å². The highest BCUT2D eigenvalue weighted by atomic mass is 79.9. The van der Waals surface area contributed by atoms with Gasteiger partial charge in [-0.05, 0) is 48.2 Å². The van der Waals surface area contributed by atoms with Crippen LogP contribution in [0.15, 0.2) is 30.3 Å². The Morgan fingerprint density at radius 1 is 1.10 bits per heavy atom. The third kappa shape index (κ3) is 2.99. The molecule has 0 amide bonds. The van der Waals surface area contributed by atoms with Crippen molar-refractivity contribution in [2.24, 2.45) is 0 Å². The fourth-order valence-electron chi connectivity index (χ4n) is 2.31. The highest BCUT2D eigenvalue weighted by Gasteiger charge is 2.15. The van der Waals surface area contributed by atoms with Crippen molar-refractivity contribution < 1.29 is 9.13 Å². The van der Waals surface area contributed by atoms with Gasteiger partial charge in [-0.15, -0.1) is 0 Å². The topological polar surface area (TPSA) is 9.23 Å². The highest BCUT2D eigenvalue weighted by molar-refractivity contribution is 9.09. The fourth-order valence-corrected chi connectivity index (χ4v) is 2.98. The van der Waals surface area contributed by atoms with E-state index in [0.717, 1.165) is 28.0 Å². The van der Waals surface area contributed by atoms with E-state index < -0.39 is 5.82 Å². The van der Waals surface area contributed by atoms with E-state index in [9.17, 15) is 4.39 Å². The van der Waals surface area contributed by atoms with Crippen molar-refractivity contribution in [3.8, 4) is 5.75 Å². The van der Waals surface area contributed by atoms with Crippen LogP contribution in [0.25, 0.3) is 0 Å². The minimum absolute atomic E-state index is 0.0856. The molecule has 0 saturated carbocycles. The van der Waals surface area contributed by atoms with E-state index in [2.05, 4.69) is 15.9 Å². The fraction of sp³-hybridized carbons (Fsp3) is 0.250. The summed E-state index contributed by atoms with van der Waals surface area (Å²) in [6.07, 6.45) is 0. The molecule has 0 spiro atoms. The van der Waals surface area contributed by atoms with Gasteiger partial charge in [-0.2, -0.15) is 0 Å². The molecule has 0 aromatic heterocycles. The first-order valence-corrected chi connectivity index (χ1v) is 7.47. The lowest BCUT2D eigenvalue weighted by Crippen LogP contribution is -1.98. The zero-order valence-corrected chi connectivity index (χ0v) is 13.8. The first-order chi connectivity index (χ1) is 9.43. The number of alkyl halides is 1. The molecule has 0 aliphatic rings. The van der Waals surface area contributed by atoms with Gasteiger partial charge in [0.1, 0.15) is 11.6 Å². The lowest BCUT2D eigenvalue weighted by atomic mass is 9.99. The number of methoxy groups -OCH3 is 1. The highest BCUT2D eigenvalue weighted by Crippen LogP contribution is 2.36. The molecule has 1 nitrogen and oxygen atoms in total. The maximum atomic E-state index is 13.6. The molecule has 0 heterocycles. The minimum Gasteiger partial charge on any atom is -0.496 e. The molecule has 2 aromatic carbocycles. The summed E-state index contributed by atoms with van der Waals surface area (Å²) < 4.78 is 18.9. The third-order valence-electron chi connectivity index (χ3n) is 3.22. The van der Waals surface area contributed by atoms with Gasteiger partial charge in [0.2, 0.25) is 0 Å². The van der Waals surface area contributed by atoms with Crippen molar-refractivity contribution in [3.63, 3.8) is 0 Å². The number of ether oxygens (including phenoxy) is 1. The van der Waals surface area contributed by atoms with Crippen LogP contribution < -0.4 is 4.74 Å². The monoisotopic (exact) mass is 356 g/mol.